The van der Waals surface area contributed by atoms with E-state index in [0.29, 0.717) is 17.0 Å². The summed E-state index contributed by atoms with van der Waals surface area (Å²) >= 11 is 0. The molecule has 0 aliphatic carbocycles. The quantitative estimate of drug-likeness (QED) is 0.571. The van der Waals surface area contributed by atoms with Crippen molar-refractivity contribution in [1.82, 2.24) is 0 Å². The zero-order valence-electron chi connectivity index (χ0n) is 12.3. The Morgan fingerprint density at radius 2 is 1.69 bits per heavy atom. The zero-order valence-corrected chi connectivity index (χ0v) is 13.3. The van der Waals surface area contributed by atoms with Gasteiger partial charge in [0.1, 0.15) is 0 Å². The highest BCUT2D eigenvalue weighted by molar-refractivity contribution is 6.74. The molecule has 2 N–H and O–H groups in total. The minimum Gasteiger partial charge on any atom is -0.417 e. The Kier molecular flexibility index (Phi) is 6.23. The van der Waals surface area contributed by atoms with Crippen LogP contribution in [0.3, 0.4) is 0 Å². The topological polar surface area (TPSA) is 35.2 Å². The molecule has 0 unspecified atom stereocenters. The number of hydrogen-bond donors (Lipinski definition) is 1. The van der Waals surface area contributed by atoms with Gasteiger partial charge in [-0.15, -0.1) is 0 Å². The van der Waals surface area contributed by atoms with E-state index >= 15 is 0 Å². The minimum atomic E-state index is -1.54. The lowest BCUT2D eigenvalue weighted by molar-refractivity contribution is 0.269. The molecule has 0 bridgehead atoms. The first-order valence-electron chi connectivity index (χ1n) is 6.47. The van der Waals surface area contributed by atoms with Gasteiger partial charge in [0.15, 0.2) is 8.32 Å². The third-order valence-corrected chi connectivity index (χ3v) is 8.35. The largest absolute Gasteiger partial charge is 0.417 e. The summed E-state index contributed by atoms with van der Waals surface area (Å²) in [5.74, 6) is 0.577. The summed E-state index contributed by atoms with van der Waals surface area (Å²) in [6, 6.07) is 0.322. The molecule has 2 nitrogen and oxygen atoms in total. The van der Waals surface area contributed by atoms with Gasteiger partial charge in [-0.1, -0.05) is 34.6 Å². The fourth-order valence-electron chi connectivity index (χ4n) is 1.20. The van der Waals surface area contributed by atoms with Gasteiger partial charge in [-0.25, -0.2) is 0 Å². The number of rotatable bonds is 6. The fraction of sp³-hybridized carbons (Fsp3) is 1.00. The molecule has 1 atom stereocenters. The Morgan fingerprint density at radius 1 is 1.19 bits per heavy atom. The van der Waals surface area contributed by atoms with Crippen LogP contribution in [0.25, 0.3) is 0 Å². The van der Waals surface area contributed by atoms with E-state index in [4.69, 9.17) is 10.2 Å². The molecular formula is C13H31NOSi. The van der Waals surface area contributed by atoms with Gasteiger partial charge in [0.25, 0.3) is 0 Å². The van der Waals surface area contributed by atoms with E-state index in [1.165, 1.54) is 0 Å². The standard InChI is InChI=1S/C13H31NOSi/c1-11(2)12(14)9-8-10-15-16(6,7)13(3,4)5/h11-12H,8-10,14H2,1-7H3/t12-/m1/s1. The average Bonchev–Trinajstić information content (AvgIpc) is 2.09. The van der Waals surface area contributed by atoms with Gasteiger partial charge in [-0.05, 0) is 36.9 Å². The summed E-state index contributed by atoms with van der Waals surface area (Å²) < 4.78 is 6.11. The van der Waals surface area contributed by atoms with Crippen molar-refractivity contribution in [3.8, 4) is 0 Å². The summed E-state index contributed by atoms with van der Waals surface area (Å²) in [5, 5.41) is 0.313. The molecule has 3 heteroatoms. The van der Waals surface area contributed by atoms with Crippen LogP contribution in [0, 0.1) is 5.92 Å². The number of hydrogen-bond acceptors (Lipinski definition) is 2. The van der Waals surface area contributed by atoms with Crippen molar-refractivity contribution < 1.29 is 4.43 Å². The lowest BCUT2D eigenvalue weighted by Crippen LogP contribution is -2.41. The maximum atomic E-state index is 6.11. The van der Waals surface area contributed by atoms with Crippen LogP contribution in [-0.4, -0.2) is 21.0 Å². The van der Waals surface area contributed by atoms with Gasteiger partial charge in [0.2, 0.25) is 0 Å². The van der Waals surface area contributed by atoms with Crippen LogP contribution in [0.1, 0.15) is 47.5 Å². The Hall–Kier alpha value is 0.137. The van der Waals surface area contributed by atoms with E-state index in [2.05, 4.69) is 47.7 Å². The molecule has 0 heterocycles. The maximum Gasteiger partial charge on any atom is 0.191 e. The molecule has 0 fully saturated rings. The molecule has 0 spiro atoms. The van der Waals surface area contributed by atoms with Crippen LogP contribution >= 0.6 is 0 Å². The first kappa shape index (κ1) is 16.1. The fourth-order valence-corrected chi connectivity index (χ4v) is 2.28. The molecule has 0 amide bonds. The second-order valence-electron chi connectivity index (χ2n) is 6.66. The second-order valence-corrected chi connectivity index (χ2v) is 11.5. The minimum absolute atomic E-state index is 0.313. The Balaban J connectivity index is 3.83. The molecule has 0 radical (unpaired) electrons. The van der Waals surface area contributed by atoms with Gasteiger partial charge >= 0.3 is 0 Å². The lowest BCUT2D eigenvalue weighted by Gasteiger charge is -2.36. The third kappa shape index (κ3) is 5.46. The van der Waals surface area contributed by atoms with E-state index in [-0.39, 0.29) is 0 Å². The predicted octanol–water partition coefficient (Wildman–Crippen LogP) is 3.77. The molecule has 98 valence electrons. The van der Waals surface area contributed by atoms with Crippen molar-refractivity contribution in [2.45, 2.75) is 71.6 Å². The normalized spacial score (nSPS) is 15.6. The van der Waals surface area contributed by atoms with Crippen molar-refractivity contribution in [1.29, 1.82) is 0 Å². The maximum absolute atomic E-state index is 6.11. The van der Waals surface area contributed by atoms with Gasteiger partial charge in [0.05, 0.1) is 0 Å². The second kappa shape index (κ2) is 6.17. The van der Waals surface area contributed by atoms with Crippen LogP contribution in [0.4, 0.5) is 0 Å². The van der Waals surface area contributed by atoms with E-state index in [0.717, 1.165) is 19.4 Å². The van der Waals surface area contributed by atoms with Crippen molar-refractivity contribution in [3.05, 3.63) is 0 Å². The molecule has 0 aromatic rings. The number of nitrogens with two attached hydrogens (primary N) is 1. The Morgan fingerprint density at radius 3 is 2.06 bits per heavy atom. The SMILES string of the molecule is CC(C)[C@H](N)CCCO[Si](C)(C)C(C)(C)C. The predicted molar refractivity (Wildman–Crippen MR) is 75.2 cm³/mol. The summed E-state index contributed by atoms with van der Waals surface area (Å²) in [6.45, 7) is 16.7. The van der Waals surface area contributed by atoms with E-state index < -0.39 is 8.32 Å². The van der Waals surface area contributed by atoms with Gasteiger partial charge < -0.3 is 10.2 Å². The molecule has 16 heavy (non-hydrogen) atoms. The van der Waals surface area contributed by atoms with Crippen LogP contribution in [0.15, 0.2) is 0 Å². The molecule has 0 saturated carbocycles. The first-order valence-corrected chi connectivity index (χ1v) is 9.38. The van der Waals surface area contributed by atoms with Crippen LogP contribution < -0.4 is 5.73 Å². The van der Waals surface area contributed by atoms with Crippen molar-refractivity contribution in [2.24, 2.45) is 11.7 Å². The lowest BCUT2D eigenvalue weighted by atomic mass is 10.0. The van der Waals surface area contributed by atoms with E-state index in [9.17, 15) is 0 Å². The highest BCUT2D eigenvalue weighted by Gasteiger charge is 2.36. The van der Waals surface area contributed by atoms with E-state index in [1.807, 2.05) is 0 Å². The summed E-state index contributed by atoms with van der Waals surface area (Å²) in [5.41, 5.74) is 6.01. The first-order chi connectivity index (χ1) is 7.08. The van der Waals surface area contributed by atoms with Gasteiger partial charge in [0, 0.05) is 12.6 Å². The molecule has 0 rings (SSSR count). The average molecular weight is 245 g/mol. The molecule has 0 aliphatic rings. The monoisotopic (exact) mass is 245 g/mol. The van der Waals surface area contributed by atoms with Crippen molar-refractivity contribution >= 4 is 8.32 Å². The Labute approximate surface area is 103 Å². The van der Waals surface area contributed by atoms with Gasteiger partial charge in [-0.3, -0.25) is 0 Å². The van der Waals surface area contributed by atoms with Crippen molar-refractivity contribution in [2.75, 3.05) is 6.61 Å². The van der Waals surface area contributed by atoms with Crippen LogP contribution in [0.2, 0.25) is 18.1 Å². The highest BCUT2D eigenvalue weighted by Crippen LogP contribution is 2.36. The summed E-state index contributed by atoms with van der Waals surface area (Å²) in [4.78, 5) is 0. The molecule has 0 aliphatic heterocycles. The zero-order chi connectivity index (χ0) is 13.0. The van der Waals surface area contributed by atoms with Crippen LogP contribution in [-0.2, 0) is 4.43 Å². The van der Waals surface area contributed by atoms with Crippen LogP contribution in [0.5, 0.6) is 0 Å². The van der Waals surface area contributed by atoms with Gasteiger partial charge in [-0.2, -0.15) is 0 Å². The third-order valence-electron chi connectivity index (χ3n) is 3.81. The smallest absolute Gasteiger partial charge is 0.191 e. The van der Waals surface area contributed by atoms with E-state index in [1.54, 1.807) is 0 Å². The molecular weight excluding hydrogens is 214 g/mol. The molecule has 0 saturated heterocycles. The van der Waals surface area contributed by atoms with Crippen molar-refractivity contribution in [3.63, 3.8) is 0 Å². The summed E-state index contributed by atoms with van der Waals surface area (Å²) in [7, 11) is -1.54. The summed E-state index contributed by atoms with van der Waals surface area (Å²) in [6.07, 6.45) is 2.16. The Bertz CT molecular complexity index is 197. The molecule has 0 aromatic carbocycles. The highest BCUT2D eigenvalue weighted by atomic mass is 28.4. The molecule has 0 aromatic heterocycles.